The van der Waals surface area contributed by atoms with Crippen molar-refractivity contribution in [2.24, 2.45) is 0 Å². The average Bonchev–Trinajstić information content (AvgIpc) is 3.46. The van der Waals surface area contributed by atoms with Gasteiger partial charge in [0.15, 0.2) is 0 Å². The molecule has 4 nitrogen and oxygen atoms in total. The molecule has 0 saturated heterocycles. The minimum absolute atomic E-state index is 0.0275. The zero-order valence-corrected chi connectivity index (χ0v) is 14.4. The smallest absolute Gasteiger partial charge is 0.251 e. The van der Waals surface area contributed by atoms with Crippen molar-refractivity contribution in [3.8, 4) is 0 Å². The standard InChI is InChI=1S/C22H20N2O2/c25-20(15-23-21(26)17-8-2-1-3-9-17)24-22(13-14-22)19-12-6-10-16-7-4-5-11-18(16)19/h1-12H,13-15H2,(H,23,26)(H,24,25). The number of hydrogen-bond acceptors (Lipinski definition) is 2. The monoisotopic (exact) mass is 344 g/mol. The van der Waals surface area contributed by atoms with Crippen LogP contribution in [0.3, 0.4) is 0 Å². The van der Waals surface area contributed by atoms with Gasteiger partial charge in [0, 0.05) is 5.56 Å². The maximum atomic E-state index is 12.4. The number of nitrogens with one attached hydrogen (secondary N) is 2. The van der Waals surface area contributed by atoms with E-state index in [1.165, 1.54) is 10.8 Å². The van der Waals surface area contributed by atoms with Crippen LogP contribution in [0.1, 0.15) is 28.8 Å². The van der Waals surface area contributed by atoms with Crippen molar-refractivity contribution in [1.29, 1.82) is 0 Å². The summed E-state index contributed by atoms with van der Waals surface area (Å²) in [6.07, 6.45) is 1.83. The summed E-state index contributed by atoms with van der Waals surface area (Å²) in [6.45, 7) is -0.0275. The molecule has 3 aromatic carbocycles. The first-order valence-corrected chi connectivity index (χ1v) is 8.80. The van der Waals surface area contributed by atoms with E-state index in [9.17, 15) is 9.59 Å². The van der Waals surface area contributed by atoms with Gasteiger partial charge in [0.1, 0.15) is 0 Å². The molecule has 2 amide bonds. The zero-order chi connectivity index (χ0) is 18.0. The Labute approximate surface area is 152 Å². The van der Waals surface area contributed by atoms with Crippen molar-refractivity contribution >= 4 is 22.6 Å². The summed E-state index contributed by atoms with van der Waals surface area (Å²) in [4.78, 5) is 24.5. The lowest BCUT2D eigenvalue weighted by Gasteiger charge is -2.20. The van der Waals surface area contributed by atoms with Crippen LogP contribution in [0.4, 0.5) is 0 Å². The predicted octanol–water partition coefficient (Wildman–Crippen LogP) is 3.38. The fourth-order valence-electron chi connectivity index (χ4n) is 3.39. The highest BCUT2D eigenvalue weighted by molar-refractivity contribution is 5.96. The molecule has 0 unspecified atom stereocenters. The molecule has 3 aromatic rings. The maximum Gasteiger partial charge on any atom is 0.251 e. The Morgan fingerprint density at radius 1 is 0.846 bits per heavy atom. The molecule has 0 heterocycles. The van der Waals surface area contributed by atoms with Gasteiger partial charge in [0.25, 0.3) is 5.91 Å². The van der Waals surface area contributed by atoms with Crippen molar-refractivity contribution in [2.45, 2.75) is 18.4 Å². The largest absolute Gasteiger partial charge is 0.345 e. The van der Waals surface area contributed by atoms with E-state index in [1.54, 1.807) is 24.3 Å². The number of hydrogen-bond donors (Lipinski definition) is 2. The molecule has 1 fully saturated rings. The molecule has 1 saturated carbocycles. The van der Waals surface area contributed by atoms with Crippen molar-refractivity contribution in [1.82, 2.24) is 10.6 Å². The van der Waals surface area contributed by atoms with E-state index >= 15 is 0 Å². The van der Waals surface area contributed by atoms with E-state index in [-0.39, 0.29) is 23.9 Å². The van der Waals surface area contributed by atoms with Gasteiger partial charge in [-0.1, -0.05) is 60.7 Å². The topological polar surface area (TPSA) is 58.2 Å². The first kappa shape index (κ1) is 16.3. The highest BCUT2D eigenvalue weighted by atomic mass is 16.2. The minimum Gasteiger partial charge on any atom is -0.345 e. The van der Waals surface area contributed by atoms with Gasteiger partial charge < -0.3 is 10.6 Å². The first-order valence-electron chi connectivity index (χ1n) is 8.80. The zero-order valence-electron chi connectivity index (χ0n) is 14.4. The van der Waals surface area contributed by atoms with Gasteiger partial charge in [0.05, 0.1) is 12.1 Å². The van der Waals surface area contributed by atoms with Gasteiger partial charge in [-0.15, -0.1) is 0 Å². The second-order valence-electron chi connectivity index (χ2n) is 6.71. The van der Waals surface area contributed by atoms with E-state index < -0.39 is 0 Å². The Kier molecular flexibility index (Phi) is 4.17. The fourth-order valence-corrected chi connectivity index (χ4v) is 3.39. The Hall–Kier alpha value is -3.14. The van der Waals surface area contributed by atoms with Crippen LogP contribution in [0.15, 0.2) is 72.8 Å². The third-order valence-corrected chi connectivity index (χ3v) is 4.88. The molecule has 2 N–H and O–H groups in total. The summed E-state index contributed by atoms with van der Waals surface area (Å²) >= 11 is 0. The van der Waals surface area contributed by atoms with Gasteiger partial charge in [-0.3, -0.25) is 9.59 Å². The van der Waals surface area contributed by atoms with E-state index in [0.29, 0.717) is 5.56 Å². The van der Waals surface area contributed by atoms with Gasteiger partial charge in [0.2, 0.25) is 5.91 Å². The summed E-state index contributed by atoms with van der Waals surface area (Å²) in [5.41, 5.74) is 1.39. The quantitative estimate of drug-likeness (QED) is 0.745. The average molecular weight is 344 g/mol. The predicted molar refractivity (Wildman–Crippen MR) is 102 cm³/mol. The molecular weight excluding hydrogens is 324 g/mol. The number of carbonyl (C=O) groups is 2. The number of benzene rings is 3. The van der Waals surface area contributed by atoms with E-state index in [4.69, 9.17) is 0 Å². The van der Waals surface area contributed by atoms with Gasteiger partial charge in [-0.25, -0.2) is 0 Å². The summed E-state index contributed by atoms with van der Waals surface area (Å²) < 4.78 is 0. The third kappa shape index (κ3) is 3.18. The highest BCUT2D eigenvalue weighted by Gasteiger charge is 2.46. The Bertz CT molecular complexity index is 957. The summed E-state index contributed by atoms with van der Waals surface area (Å²) in [7, 11) is 0. The van der Waals surface area contributed by atoms with Crippen molar-refractivity contribution < 1.29 is 9.59 Å². The third-order valence-electron chi connectivity index (χ3n) is 4.88. The van der Waals surface area contributed by atoms with Crippen LogP contribution >= 0.6 is 0 Å². The van der Waals surface area contributed by atoms with Crippen LogP contribution < -0.4 is 10.6 Å². The van der Waals surface area contributed by atoms with Crippen molar-refractivity contribution in [3.05, 3.63) is 83.9 Å². The molecular formula is C22H20N2O2. The Morgan fingerprint density at radius 2 is 1.54 bits per heavy atom. The van der Waals surface area contributed by atoms with Crippen LogP contribution in [0, 0.1) is 0 Å². The first-order chi connectivity index (χ1) is 12.7. The molecule has 0 aromatic heterocycles. The Balaban J connectivity index is 1.45. The van der Waals surface area contributed by atoms with Crippen molar-refractivity contribution in [3.63, 3.8) is 0 Å². The number of amides is 2. The summed E-state index contributed by atoms with van der Waals surface area (Å²) in [6, 6.07) is 23.3. The lowest BCUT2D eigenvalue weighted by Crippen LogP contribution is -2.42. The normalized spacial score (nSPS) is 14.6. The maximum absolute atomic E-state index is 12.4. The highest BCUT2D eigenvalue weighted by Crippen LogP contribution is 2.47. The fraction of sp³-hybridized carbons (Fsp3) is 0.182. The molecule has 0 spiro atoms. The SMILES string of the molecule is O=C(CNC(=O)c1ccccc1)NC1(c2cccc3ccccc23)CC1. The lowest BCUT2D eigenvalue weighted by molar-refractivity contribution is -0.121. The molecule has 1 aliphatic carbocycles. The van der Waals surface area contributed by atoms with Gasteiger partial charge in [-0.2, -0.15) is 0 Å². The molecule has 0 bridgehead atoms. The Morgan fingerprint density at radius 3 is 2.31 bits per heavy atom. The van der Waals surface area contributed by atoms with Crippen LogP contribution in [0.2, 0.25) is 0 Å². The van der Waals surface area contributed by atoms with Crippen LogP contribution in [0.25, 0.3) is 10.8 Å². The van der Waals surface area contributed by atoms with E-state index in [0.717, 1.165) is 18.4 Å². The minimum atomic E-state index is -0.310. The molecule has 0 radical (unpaired) electrons. The molecule has 0 atom stereocenters. The lowest BCUT2D eigenvalue weighted by atomic mass is 9.97. The molecule has 1 aliphatic rings. The molecule has 0 aliphatic heterocycles. The summed E-state index contributed by atoms with van der Waals surface area (Å²) in [5, 5.41) is 8.15. The summed E-state index contributed by atoms with van der Waals surface area (Å²) in [5.74, 6) is -0.407. The van der Waals surface area contributed by atoms with Crippen LogP contribution in [-0.2, 0) is 10.3 Å². The van der Waals surface area contributed by atoms with Gasteiger partial charge in [-0.05, 0) is 41.3 Å². The number of fused-ring (bicyclic) bond motifs is 1. The number of carbonyl (C=O) groups excluding carboxylic acids is 2. The molecule has 4 rings (SSSR count). The van der Waals surface area contributed by atoms with Crippen LogP contribution in [0.5, 0.6) is 0 Å². The number of rotatable bonds is 5. The van der Waals surface area contributed by atoms with Crippen LogP contribution in [-0.4, -0.2) is 18.4 Å². The van der Waals surface area contributed by atoms with Crippen molar-refractivity contribution in [2.75, 3.05) is 6.54 Å². The van der Waals surface area contributed by atoms with E-state index in [2.05, 4.69) is 34.9 Å². The molecule has 26 heavy (non-hydrogen) atoms. The molecule has 130 valence electrons. The van der Waals surface area contributed by atoms with E-state index in [1.807, 2.05) is 24.3 Å². The second-order valence-corrected chi connectivity index (χ2v) is 6.71. The second kappa shape index (κ2) is 6.64. The van der Waals surface area contributed by atoms with Gasteiger partial charge >= 0.3 is 0 Å². The molecule has 4 heteroatoms.